The first-order chi connectivity index (χ1) is 5.42. The van der Waals surface area contributed by atoms with E-state index in [9.17, 15) is 0 Å². The summed E-state index contributed by atoms with van der Waals surface area (Å²) in [6.07, 6.45) is 4.43. The minimum atomic E-state index is 0. The largest absolute Gasteiger partial charge is 0.311 e. The highest BCUT2D eigenvalue weighted by Gasteiger charge is 2.39. The van der Waals surface area contributed by atoms with E-state index in [0.29, 0.717) is 0 Å². The second-order valence-electron chi connectivity index (χ2n) is 4.39. The van der Waals surface area contributed by atoms with Crippen molar-refractivity contribution >= 4 is 24.8 Å². The maximum atomic E-state index is 3.54. The number of nitrogens with one attached hydrogen (secondary N) is 1. The molecule has 13 heavy (non-hydrogen) atoms. The van der Waals surface area contributed by atoms with Gasteiger partial charge in [0.05, 0.1) is 0 Å². The molecule has 2 atom stereocenters. The highest BCUT2D eigenvalue weighted by Crippen LogP contribution is 2.33. The van der Waals surface area contributed by atoms with Gasteiger partial charge in [-0.15, -0.1) is 24.8 Å². The molecule has 0 aromatic heterocycles. The highest BCUT2D eigenvalue weighted by atomic mass is 35.5. The summed E-state index contributed by atoms with van der Waals surface area (Å²) in [4.78, 5) is 2.71. The van der Waals surface area contributed by atoms with Crippen LogP contribution in [0.2, 0.25) is 0 Å². The molecular weight excluding hydrogens is 207 g/mol. The molecule has 3 rings (SSSR count). The van der Waals surface area contributed by atoms with Gasteiger partial charge in [-0.2, -0.15) is 0 Å². The molecule has 78 valence electrons. The second kappa shape index (κ2) is 4.35. The number of hydrogen-bond acceptors (Lipinski definition) is 2. The topological polar surface area (TPSA) is 15.3 Å². The van der Waals surface area contributed by atoms with Crippen molar-refractivity contribution in [1.82, 2.24) is 10.2 Å². The average molecular weight is 225 g/mol. The molecule has 2 nitrogen and oxygen atoms in total. The van der Waals surface area contributed by atoms with Crippen LogP contribution in [0.15, 0.2) is 0 Å². The van der Waals surface area contributed by atoms with Crippen molar-refractivity contribution in [3.8, 4) is 0 Å². The van der Waals surface area contributed by atoms with E-state index in [1.165, 1.54) is 38.9 Å². The second-order valence-corrected chi connectivity index (χ2v) is 4.39. The summed E-state index contributed by atoms with van der Waals surface area (Å²) in [5.41, 5.74) is 0. The molecule has 0 aromatic rings. The van der Waals surface area contributed by atoms with E-state index in [0.717, 1.165) is 18.0 Å². The third-order valence-electron chi connectivity index (χ3n) is 3.36. The number of piperazine rings is 1. The zero-order chi connectivity index (χ0) is 7.26. The SMILES string of the molecule is C1CC1CN1C[C@H]2C[C@@H]1CN2.Cl.Cl. The lowest BCUT2D eigenvalue weighted by Crippen LogP contribution is -2.44. The molecule has 0 aromatic carbocycles. The van der Waals surface area contributed by atoms with Gasteiger partial charge >= 0.3 is 0 Å². The highest BCUT2D eigenvalue weighted by molar-refractivity contribution is 5.85. The Balaban J connectivity index is 0.000000422. The van der Waals surface area contributed by atoms with Crippen LogP contribution < -0.4 is 5.32 Å². The smallest absolute Gasteiger partial charge is 0.0236 e. The van der Waals surface area contributed by atoms with Crippen LogP contribution in [-0.2, 0) is 0 Å². The molecule has 2 saturated heterocycles. The van der Waals surface area contributed by atoms with Crippen molar-refractivity contribution in [2.45, 2.75) is 31.3 Å². The van der Waals surface area contributed by atoms with Gasteiger partial charge in [0.2, 0.25) is 0 Å². The summed E-state index contributed by atoms with van der Waals surface area (Å²) in [6, 6.07) is 1.75. The van der Waals surface area contributed by atoms with Crippen molar-refractivity contribution < 1.29 is 0 Å². The van der Waals surface area contributed by atoms with E-state index in [2.05, 4.69) is 10.2 Å². The Morgan fingerprint density at radius 1 is 1.23 bits per heavy atom. The molecule has 2 heterocycles. The third-order valence-corrected chi connectivity index (χ3v) is 3.36. The number of fused-ring (bicyclic) bond motifs is 2. The van der Waals surface area contributed by atoms with E-state index >= 15 is 0 Å². The van der Waals surface area contributed by atoms with Crippen molar-refractivity contribution in [3.05, 3.63) is 0 Å². The van der Waals surface area contributed by atoms with Gasteiger partial charge in [-0.05, 0) is 25.2 Å². The zero-order valence-corrected chi connectivity index (χ0v) is 9.37. The van der Waals surface area contributed by atoms with Crippen molar-refractivity contribution in [2.24, 2.45) is 5.92 Å². The van der Waals surface area contributed by atoms with Crippen LogP contribution in [-0.4, -0.2) is 36.6 Å². The van der Waals surface area contributed by atoms with Crippen LogP contribution >= 0.6 is 24.8 Å². The fourth-order valence-corrected chi connectivity index (χ4v) is 2.50. The first-order valence-corrected chi connectivity index (χ1v) is 4.89. The number of nitrogens with zero attached hydrogens (tertiary/aromatic N) is 1. The fourth-order valence-electron chi connectivity index (χ4n) is 2.50. The predicted octanol–water partition coefficient (Wildman–Crippen LogP) is 1.29. The minimum Gasteiger partial charge on any atom is -0.311 e. The summed E-state index contributed by atoms with van der Waals surface area (Å²) in [7, 11) is 0. The summed E-state index contributed by atoms with van der Waals surface area (Å²) >= 11 is 0. The molecule has 1 N–H and O–H groups in total. The first-order valence-electron chi connectivity index (χ1n) is 4.89. The van der Waals surface area contributed by atoms with Crippen LogP contribution in [0.4, 0.5) is 0 Å². The Morgan fingerprint density at radius 3 is 2.46 bits per heavy atom. The summed E-state index contributed by atoms with van der Waals surface area (Å²) in [5.74, 6) is 1.08. The van der Waals surface area contributed by atoms with Gasteiger partial charge in [-0.25, -0.2) is 0 Å². The molecule has 2 aliphatic heterocycles. The monoisotopic (exact) mass is 224 g/mol. The van der Waals surface area contributed by atoms with Gasteiger partial charge < -0.3 is 5.32 Å². The standard InChI is InChI=1S/C9H16N2.2ClH/c1-2-7(1)5-11-6-8-3-9(11)4-10-8;;/h7-10H,1-6H2;2*1H/t8-,9-;;/m1../s1. The number of rotatable bonds is 2. The maximum absolute atomic E-state index is 3.54. The van der Waals surface area contributed by atoms with Gasteiger partial charge in [0, 0.05) is 31.7 Å². The van der Waals surface area contributed by atoms with Crippen molar-refractivity contribution in [2.75, 3.05) is 19.6 Å². The number of hydrogen-bond donors (Lipinski definition) is 1. The molecule has 0 amide bonds. The number of likely N-dealkylation sites (tertiary alicyclic amines) is 1. The summed E-state index contributed by atoms with van der Waals surface area (Å²) < 4.78 is 0. The molecule has 3 fully saturated rings. The Bertz CT molecular complexity index is 173. The summed E-state index contributed by atoms with van der Waals surface area (Å²) in [6.45, 7) is 4.00. The van der Waals surface area contributed by atoms with Gasteiger partial charge in [0.25, 0.3) is 0 Å². The molecule has 0 unspecified atom stereocenters. The lowest BCUT2D eigenvalue weighted by molar-refractivity contribution is 0.217. The van der Waals surface area contributed by atoms with Gasteiger partial charge in [-0.1, -0.05) is 0 Å². The third kappa shape index (κ3) is 2.30. The van der Waals surface area contributed by atoms with E-state index in [-0.39, 0.29) is 24.8 Å². The Hall–Kier alpha value is 0.500. The van der Waals surface area contributed by atoms with Crippen molar-refractivity contribution in [1.29, 1.82) is 0 Å². The van der Waals surface area contributed by atoms with Crippen molar-refractivity contribution in [3.63, 3.8) is 0 Å². The lowest BCUT2D eigenvalue weighted by Gasteiger charge is -2.26. The lowest BCUT2D eigenvalue weighted by atomic mass is 10.2. The quantitative estimate of drug-likeness (QED) is 0.761. The molecular formula is C9H18Cl2N2. The molecule has 0 radical (unpaired) electrons. The first kappa shape index (κ1) is 11.6. The predicted molar refractivity (Wildman–Crippen MR) is 59.0 cm³/mol. The van der Waals surface area contributed by atoms with Crippen LogP contribution in [0.5, 0.6) is 0 Å². The van der Waals surface area contributed by atoms with Crippen LogP contribution in [0.1, 0.15) is 19.3 Å². The molecule has 3 aliphatic rings. The normalized spacial score (nSPS) is 36.9. The molecule has 2 bridgehead atoms. The van der Waals surface area contributed by atoms with Gasteiger partial charge in [0.1, 0.15) is 0 Å². The maximum Gasteiger partial charge on any atom is 0.0236 e. The Labute approximate surface area is 92.3 Å². The average Bonchev–Trinajstić information content (AvgIpc) is 2.61. The fraction of sp³-hybridized carbons (Fsp3) is 1.00. The molecule has 0 spiro atoms. The van der Waals surface area contributed by atoms with Crippen LogP contribution in [0, 0.1) is 5.92 Å². The molecule has 4 heteroatoms. The van der Waals surface area contributed by atoms with Crippen LogP contribution in [0.3, 0.4) is 0 Å². The summed E-state index contributed by atoms with van der Waals surface area (Å²) in [5, 5.41) is 3.54. The number of halogens is 2. The minimum absolute atomic E-state index is 0. The van der Waals surface area contributed by atoms with Crippen LogP contribution in [0.25, 0.3) is 0 Å². The Kier molecular flexibility index (Phi) is 3.87. The molecule has 1 saturated carbocycles. The van der Waals surface area contributed by atoms with E-state index < -0.39 is 0 Å². The molecule has 1 aliphatic carbocycles. The van der Waals surface area contributed by atoms with E-state index in [4.69, 9.17) is 0 Å². The van der Waals surface area contributed by atoms with E-state index in [1.807, 2.05) is 0 Å². The Morgan fingerprint density at radius 2 is 2.00 bits per heavy atom. The van der Waals surface area contributed by atoms with Gasteiger partial charge in [0.15, 0.2) is 0 Å². The van der Waals surface area contributed by atoms with E-state index in [1.54, 1.807) is 0 Å². The van der Waals surface area contributed by atoms with Gasteiger partial charge in [-0.3, -0.25) is 4.90 Å². The zero-order valence-electron chi connectivity index (χ0n) is 7.74.